The molecule has 1 N–H and O–H groups in total. The Morgan fingerprint density at radius 1 is 1.00 bits per heavy atom. The highest BCUT2D eigenvalue weighted by Crippen LogP contribution is 2.59. The minimum atomic E-state index is -5.67. The van der Waals surface area contributed by atoms with Crippen LogP contribution in [-0.2, 0) is 22.7 Å². The van der Waals surface area contributed by atoms with Gasteiger partial charge in [0.1, 0.15) is 6.10 Å². The number of alkyl halides is 5. The zero-order valence-electron chi connectivity index (χ0n) is 21.0. The highest BCUT2D eigenvalue weighted by atomic mass is 19.4. The van der Waals surface area contributed by atoms with Gasteiger partial charge in [-0.2, -0.15) is 22.0 Å². The van der Waals surface area contributed by atoms with Crippen molar-refractivity contribution in [3.05, 3.63) is 63.5 Å². The number of pyridine rings is 1. The van der Waals surface area contributed by atoms with Gasteiger partial charge in [-0.3, -0.25) is 4.98 Å². The van der Waals surface area contributed by atoms with E-state index in [2.05, 4.69) is 13.8 Å². The monoisotopic (exact) mass is 509 g/mol. The first-order chi connectivity index (χ1) is 16.7. The van der Waals surface area contributed by atoms with E-state index in [1.807, 2.05) is 13.8 Å². The molecule has 2 aliphatic carbocycles. The van der Waals surface area contributed by atoms with Crippen LogP contribution in [0, 0.1) is 5.41 Å². The summed E-state index contributed by atoms with van der Waals surface area (Å²) < 4.78 is 73.3. The third-order valence-corrected chi connectivity index (χ3v) is 8.06. The fraction of sp³-hybridized carbons (Fsp3) is 0.607. The first-order valence-corrected chi connectivity index (χ1v) is 12.6. The molecule has 1 aromatic heterocycles. The van der Waals surface area contributed by atoms with Crippen molar-refractivity contribution in [2.45, 2.75) is 102 Å². The average molecular weight is 510 g/mol. The summed E-state index contributed by atoms with van der Waals surface area (Å²) in [6, 6.07) is 4.29. The van der Waals surface area contributed by atoms with Gasteiger partial charge in [-0.15, -0.1) is 0 Å². The van der Waals surface area contributed by atoms with Crippen LogP contribution in [0.15, 0.2) is 24.3 Å². The number of aliphatic hydroxyl groups is 1. The van der Waals surface area contributed by atoms with Gasteiger partial charge in [0.2, 0.25) is 0 Å². The van der Waals surface area contributed by atoms with Crippen LogP contribution >= 0.6 is 0 Å². The number of hydrogen-bond acceptors (Lipinski definition) is 3. The van der Waals surface area contributed by atoms with E-state index < -0.39 is 35.5 Å². The number of fused-ring (bicyclic) bond motifs is 4. The van der Waals surface area contributed by atoms with Crippen LogP contribution in [0.3, 0.4) is 0 Å². The molecule has 0 radical (unpaired) electrons. The Morgan fingerprint density at radius 3 is 2.17 bits per heavy atom. The van der Waals surface area contributed by atoms with Crippen molar-refractivity contribution in [1.82, 2.24) is 4.98 Å². The highest BCUT2D eigenvalue weighted by molar-refractivity contribution is 5.54. The molecule has 5 rings (SSSR count). The fourth-order valence-electron chi connectivity index (χ4n) is 6.45. The Balaban J connectivity index is 1.69. The lowest BCUT2D eigenvalue weighted by atomic mass is 9.70. The molecule has 36 heavy (non-hydrogen) atoms. The SMILES string of the molecule is CC(C)c1nc2c(c3c1[C@@H](c1ccc(C(F)(F)C(F)(F)F)cc1)OC31CCCC1)[C@@H](O)CC(C)(C)C2. The lowest BCUT2D eigenvalue weighted by Crippen LogP contribution is -2.33. The van der Waals surface area contributed by atoms with E-state index in [0.29, 0.717) is 12.0 Å². The number of hydrogen-bond donors (Lipinski definition) is 1. The maximum Gasteiger partial charge on any atom is 0.458 e. The summed E-state index contributed by atoms with van der Waals surface area (Å²) in [5.41, 5.74) is 3.07. The number of nitrogens with zero attached hydrogens (tertiary/aromatic N) is 1. The van der Waals surface area contributed by atoms with Crippen LogP contribution in [-0.4, -0.2) is 16.3 Å². The van der Waals surface area contributed by atoms with E-state index in [0.717, 1.165) is 72.3 Å². The van der Waals surface area contributed by atoms with Crippen molar-refractivity contribution in [3.8, 4) is 0 Å². The Bertz CT molecular complexity index is 1160. The van der Waals surface area contributed by atoms with Gasteiger partial charge < -0.3 is 9.84 Å². The topological polar surface area (TPSA) is 42.4 Å². The molecule has 0 amide bonds. The Hall–Kier alpha value is -2.06. The van der Waals surface area contributed by atoms with E-state index in [9.17, 15) is 27.1 Å². The molecular weight excluding hydrogens is 477 g/mol. The molecule has 2 atom stereocenters. The summed E-state index contributed by atoms with van der Waals surface area (Å²) in [7, 11) is 0. The normalized spacial score (nSPS) is 24.9. The zero-order chi connectivity index (χ0) is 26.3. The van der Waals surface area contributed by atoms with Crippen molar-refractivity contribution in [2.24, 2.45) is 5.41 Å². The molecule has 3 aliphatic rings. The number of halogens is 5. The predicted octanol–water partition coefficient (Wildman–Crippen LogP) is 7.75. The Labute approximate surface area is 208 Å². The number of aliphatic hydroxyl groups excluding tert-OH is 1. The second kappa shape index (κ2) is 8.22. The van der Waals surface area contributed by atoms with Gasteiger partial charge in [-0.25, -0.2) is 0 Å². The highest BCUT2D eigenvalue weighted by Gasteiger charge is 2.59. The largest absolute Gasteiger partial charge is 0.458 e. The van der Waals surface area contributed by atoms with E-state index in [1.54, 1.807) is 0 Å². The summed E-state index contributed by atoms with van der Waals surface area (Å²) in [6.07, 6.45) is -2.24. The average Bonchev–Trinajstić information content (AvgIpc) is 3.37. The van der Waals surface area contributed by atoms with Crippen LogP contribution < -0.4 is 0 Å². The fourth-order valence-corrected chi connectivity index (χ4v) is 6.45. The van der Waals surface area contributed by atoms with Gasteiger partial charge in [-0.05, 0) is 48.1 Å². The number of ether oxygens (including phenoxy) is 1. The molecule has 3 nitrogen and oxygen atoms in total. The molecule has 1 fully saturated rings. The van der Waals surface area contributed by atoms with E-state index >= 15 is 0 Å². The molecule has 196 valence electrons. The van der Waals surface area contributed by atoms with Gasteiger partial charge >= 0.3 is 12.1 Å². The third-order valence-electron chi connectivity index (χ3n) is 8.06. The van der Waals surface area contributed by atoms with Crippen LogP contribution in [0.25, 0.3) is 0 Å². The second-order valence-corrected chi connectivity index (χ2v) is 11.8. The smallest absolute Gasteiger partial charge is 0.388 e. The van der Waals surface area contributed by atoms with Crippen molar-refractivity contribution in [2.75, 3.05) is 0 Å². The molecule has 0 bridgehead atoms. The maximum absolute atomic E-state index is 13.9. The summed E-state index contributed by atoms with van der Waals surface area (Å²) in [6.45, 7) is 8.30. The summed E-state index contributed by atoms with van der Waals surface area (Å²) >= 11 is 0. The van der Waals surface area contributed by atoms with Crippen LogP contribution in [0.4, 0.5) is 22.0 Å². The Morgan fingerprint density at radius 2 is 1.61 bits per heavy atom. The maximum atomic E-state index is 13.9. The molecule has 1 aliphatic heterocycles. The van der Waals surface area contributed by atoms with Crippen molar-refractivity contribution in [3.63, 3.8) is 0 Å². The van der Waals surface area contributed by atoms with E-state index in [-0.39, 0.29) is 11.3 Å². The number of benzene rings is 1. The number of aromatic nitrogens is 1. The standard InChI is InChI=1S/C28H32F5NO2/c1-15(2)23-21-22(20-18(34-23)13-25(3,4)14-19(20)35)26(11-5-6-12-26)36-24(21)16-7-9-17(10-8-16)27(29,30)28(31,32)33/h7-10,15,19,24,35H,5-6,11-14H2,1-4H3/t19-,24+/m0/s1. The zero-order valence-corrected chi connectivity index (χ0v) is 21.0. The predicted molar refractivity (Wildman–Crippen MR) is 125 cm³/mol. The van der Waals surface area contributed by atoms with Crippen LogP contribution in [0.1, 0.15) is 117 Å². The molecule has 0 saturated heterocycles. The molecule has 1 saturated carbocycles. The summed E-state index contributed by atoms with van der Waals surface area (Å²) in [5, 5.41) is 11.3. The first-order valence-electron chi connectivity index (χ1n) is 12.6. The lowest BCUT2D eigenvalue weighted by molar-refractivity contribution is -0.289. The molecular formula is C28H32F5NO2. The number of rotatable bonds is 3. The van der Waals surface area contributed by atoms with Gasteiger partial charge in [-0.1, -0.05) is 64.8 Å². The van der Waals surface area contributed by atoms with E-state index in [4.69, 9.17) is 9.72 Å². The quantitative estimate of drug-likeness (QED) is 0.430. The molecule has 1 spiro atoms. The summed E-state index contributed by atoms with van der Waals surface area (Å²) in [4.78, 5) is 5.04. The van der Waals surface area contributed by atoms with Crippen molar-refractivity contribution >= 4 is 0 Å². The molecule has 1 aromatic carbocycles. The summed E-state index contributed by atoms with van der Waals surface area (Å²) in [5.74, 6) is -4.91. The van der Waals surface area contributed by atoms with Crippen LogP contribution in [0.2, 0.25) is 0 Å². The minimum absolute atomic E-state index is 0.0303. The molecule has 0 unspecified atom stereocenters. The van der Waals surface area contributed by atoms with Crippen molar-refractivity contribution < 1.29 is 31.8 Å². The minimum Gasteiger partial charge on any atom is -0.388 e. The van der Waals surface area contributed by atoms with Gasteiger partial charge in [0.25, 0.3) is 0 Å². The molecule has 2 aromatic rings. The third kappa shape index (κ3) is 3.87. The Kier molecular flexibility index (Phi) is 5.84. The van der Waals surface area contributed by atoms with Gasteiger partial charge in [0.05, 0.1) is 11.7 Å². The van der Waals surface area contributed by atoms with Gasteiger partial charge in [0.15, 0.2) is 0 Å². The first kappa shape index (κ1) is 25.6. The van der Waals surface area contributed by atoms with E-state index in [1.165, 1.54) is 12.1 Å². The molecule has 8 heteroatoms. The van der Waals surface area contributed by atoms with Crippen LogP contribution in [0.5, 0.6) is 0 Å². The molecule has 2 heterocycles. The second-order valence-electron chi connectivity index (χ2n) is 11.8. The van der Waals surface area contributed by atoms with Crippen molar-refractivity contribution in [1.29, 1.82) is 0 Å². The lowest BCUT2D eigenvalue weighted by Gasteiger charge is -2.38. The van der Waals surface area contributed by atoms with Gasteiger partial charge in [0, 0.05) is 28.1 Å².